The van der Waals surface area contributed by atoms with Crippen LogP contribution in [0.3, 0.4) is 0 Å². The summed E-state index contributed by atoms with van der Waals surface area (Å²) in [5, 5.41) is 13.9. The van der Waals surface area contributed by atoms with Crippen molar-refractivity contribution >= 4 is 11.0 Å². The van der Waals surface area contributed by atoms with Crippen molar-refractivity contribution in [1.29, 1.82) is 5.26 Å². The van der Waals surface area contributed by atoms with Gasteiger partial charge in [0.2, 0.25) is 0 Å². The Hall–Kier alpha value is -2.68. The number of nitriles is 1. The summed E-state index contributed by atoms with van der Waals surface area (Å²) in [6.45, 7) is 0. The minimum absolute atomic E-state index is 0.121. The summed E-state index contributed by atoms with van der Waals surface area (Å²) in [6.07, 6.45) is -13.7. The molecule has 1 atom stereocenters. The zero-order chi connectivity index (χ0) is 26.5. The number of nitrogens with zero attached hydrogens (tertiary/aromatic N) is 5. The second-order valence-corrected chi connectivity index (χ2v) is 4.60. The number of nitrogens with one attached hydrogen (secondary N) is 1. The molecule has 0 bridgehead atoms. The van der Waals surface area contributed by atoms with E-state index in [1.807, 2.05) is 0 Å². The average Bonchev–Trinajstić information content (AvgIpc) is 3.47. The molecule has 0 radical (unpaired) electrons. The summed E-state index contributed by atoms with van der Waals surface area (Å²) < 4.78 is 100. The fraction of sp³-hybridized carbons (Fsp3) is 0.412. The normalized spacial score (nSPS) is 36.5. The van der Waals surface area contributed by atoms with E-state index in [-0.39, 0.29) is 11.3 Å². The highest BCUT2D eigenvalue weighted by atomic mass is 15.3. The van der Waals surface area contributed by atoms with E-state index in [9.17, 15) is 5.26 Å². The van der Waals surface area contributed by atoms with Crippen LogP contribution in [-0.4, -0.2) is 24.7 Å². The lowest BCUT2D eigenvalue weighted by molar-refractivity contribution is 0.315. The first kappa shape index (κ1) is 6.08. The van der Waals surface area contributed by atoms with Crippen LogP contribution in [0.2, 0.25) is 0 Å². The van der Waals surface area contributed by atoms with Crippen LogP contribution in [0.25, 0.3) is 22.3 Å². The molecule has 0 amide bonds. The van der Waals surface area contributed by atoms with E-state index < -0.39 is 43.8 Å². The van der Waals surface area contributed by atoms with Crippen molar-refractivity contribution in [3.8, 4) is 17.3 Å². The van der Waals surface area contributed by atoms with Gasteiger partial charge in [0.1, 0.15) is 12.0 Å². The van der Waals surface area contributed by atoms with Crippen LogP contribution in [-0.2, 0) is 0 Å². The fourth-order valence-corrected chi connectivity index (χ4v) is 2.29. The van der Waals surface area contributed by atoms with Gasteiger partial charge in [-0.15, -0.1) is 0 Å². The molecule has 1 fully saturated rings. The smallest absolute Gasteiger partial charge is 0.141 e. The molecule has 6 nitrogen and oxygen atoms in total. The Morgan fingerprint density at radius 1 is 1.57 bits per heavy atom. The zero-order valence-corrected chi connectivity index (χ0v) is 11.6. The molecule has 0 aromatic carbocycles. The van der Waals surface area contributed by atoms with Gasteiger partial charge in [0.05, 0.1) is 31.7 Å². The largest absolute Gasteiger partial charge is 0.346 e. The maximum absolute atomic E-state index is 9.58. The average molecular weight is 318 g/mol. The van der Waals surface area contributed by atoms with Gasteiger partial charge < -0.3 is 4.98 Å². The van der Waals surface area contributed by atoms with E-state index >= 15 is 0 Å². The number of hydrogen-bond donors (Lipinski definition) is 1. The van der Waals surface area contributed by atoms with E-state index in [0.29, 0.717) is 15.7 Å². The fourth-order valence-electron chi connectivity index (χ4n) is 2.29. The third-order valence-electron chi connectivity index (χ3n) is 3.29. The summed E-state index contributed by atoms with van der Waals surface area (Å²) in [5.41, 5.74) is 0.787. The molecule has 23 heavy (non-hydrogen) atoms. The van der Waals surface area contributed by atoms with Crippen molar-refractivity contribution in [2.24, 2.45) is 5.89 Å². The van der Waals surface area contributed by atoms with E-state index in [1.54, 1.807) is 12.3 Å². The van der Waals surface area contributed by atoms with Crippen molar-refractivity contribution in [1.82, 2.24) is 24.7 Å². The lowest BCUT2D eigenvalue weighted by atomic mass is 9.96. The van der Waals surface area contributed by atoms with Crippen LogP contribution in [0.1, 0.15) is 54.3 Å². The third-order valence-corrected chi connectivity index (χ3v) is 3.29. The monoisotopic (exact) mass is 318 g/mol. The Morgan fingerprint density at radius 2 is 2.43 bits per heavy atom. The van der Waals surface area contributed by atoms with Crippen LogP contribution in [0.4, 0.5) is 0 Å². The first-order chi connectivity index (χ1) is 15.9. The molecule has 0 aliphatic heterocycles. The van der Waals surface area contributed by atoms with Gasteiger partial charge in [-0.2, -0.15) is 10.4 Å². The molecule has 0 spiro atoms. The third kappa shape index (κ3) is 2.48. The second kappa shape index (κ2) is 5.84. The van der Waals surface area contributed by atoms with Crippen LogP contribution >= 0.6 is 0 Å². The molecule has 3 aromatic heterocycles. The SMILES string of the molecule is [2H]C1([2H])C([2H])([2H])C([2H])([2H])C([2H])([C@@]([2H])(n2cc(-c3ncnc4[nH]ccc34)cn2)C([2H])([2H])C#N)C1([2H])[2H]. The Balaban J connectivity index is 2.04. The highest BCUT2D eigenvalue weighted by Gasteiger charge is 2.27. The van der Waals surface area contributed by atoms with E-state index in [1.165, 1.54) is 6.33 Å². The molecular formula is C17H18N6. The maximum Gasteiger partial charge on any atom is 0.141 e. The lowest BCUT2D eigenvalue weighted by Gasteiger charge is -2.21. The van der Waals surface area contributed by atoms with E-state index in [4.69, 9.17) is 16.4 Å². The number of rotatable bonds is 4. The summed E-state index contributed by atoms with van der Waals surface area (Å²) in [4.78, 5) is 11.0. The number of fused-ring (bicyclic) bond motifs is 1. The number of aromatic amines is 1. The summed E-state index contributed by atoms with van der Waals surface area (Å²) in [6, 6.07) is -0.861. The number of aromatic nitrogens is 5. The Labute approximate surface area is 151 Å². The predicted molar refractivity (Wildman–Crippen MR) is 86.3 cm³/mol. The van der Waals surface area contributed by atoms with Gasteiger partial charge in [-0.1, -0.05) is 12.7 Å². The standard InChI is InChI=1S/C17H18N6/c18-7-5-15(12-3-1-2-4-12)23-10-13(9-22-23)16-14-6-8-19-17(14)21-11-20-16/h6,8-12,15H,1-5H2,(H,19,20,21)/t15-/m0/s1/i1D2,2D2,3D2,4D2,5D2,12D,15D. The Morgan fingerprint density at radius 3 is 3.26 bits per heavy atom. The summed E-state index contributed by atoms with van der Waals surface area (Å²) in [5.74, 6) is -3.86. The molecule has 4 rings (SSSR count). The molecule has 1 aliphatic rings. The molecule has 0 saturated heterocycles. The van der Waals surface area contributed by atoms with Crippen molar-refractivity contribution in [2.45, 2.75) is 37.9 Å². The van der Waals surface area contributed by atoms with E-state index in [2.05, 4.69) is 20.1 Å². The van der Waals surface area contributed by atoms with Crippen LogP contribution in [0.15, 0.2) is 31.0 Å². The van der Waals surface area contributed by atoms with Gasteiger partial charge in [0.15, 0.2) is 0 Å². The van der Waals surface area contributed by atoms with Gasteiger partial charge in [-0.3, -0.25) is 4.68 Å². The van der Waals surface area contributed by atoms with Gasteiger partial charge in [0.25, 0.3) is 0 Å². The van der Waals surface area contributed by atoms with Gasteiger partial charge in [0, 0.05) is 38.4 Å². The van der Waals surface area contributed by atoms with Gasteiger partial charge >= 0.3 is 0 Å². The van der Waals surface area contributed by atoms with Crippen molar-refractivity contribution in [3.05, 3.63) is 31.0 Å². The summed E-state index contributed by atoms with van der Waals surface area (Å²) in [7, 11) is 0. The molecule has 1 saturated carbocycles. The summed E-state index contributed by atoms with van der Waals surface area (Å²) >= 11 is 0. The molecule has 3 aromatic rings. The minimum atomic E-state index is -3.86. The van der Waals surface area contributed by atoms with Crippen molar-refractivity contribution in [2.75, 3.05) is 0 Å². The van der Waals surface area contributed by atoms with Gasteiger partial charge in [-0.25, -0.2) is 9.97 Å². The maximum atomic E-state index is 9.58. The topological polar surface area (TPSA) is 83.2 Å². The molecule has 1 aliphatic carbocycles. The Kier molecular flexibility index (Phi) is 1.54. The predicted octanol–water partition coefficient (Wildman–Crippen LogP) is 3.47. The lowest BCUT2D eigenvalue weighted by Crippen LogP contribution is -2.17. The van der Waals surface area contributed by atoms with Crippen LogP contribution in [0.5, 0.6) is 0 Å². The molecule has 1 N–H and O–H groups in total. The van der Waals surface area contributed by atoms with E-state index in [0.717, 1.165) is 18.5 Å². The first-order valence-electron chi connectivity index (χ1n) is 12.6. The molecular weight excluding hydrogens is 288 g/mol. The quantitative estimate of drug-likeness (QED) is 0.798. The number of H-pyrrole nitrogens is 1. The zero-order valence-electron chi connectivity index (χ0n) is 23.6. The van der Waals surface area contributed by atoms with Gasteiger partial charge in [-0.05, 0) is 24.7 Å². The number of hydrogen-bond acceptors (Lipinski definition) is 4. The minimum Gasteiger partial charge on any atom is -0.346 e. The second-order valence-electron chi connectivity index (χ2n) is 4.60. The molecule has 3 heterocycles. The van der Waals surface area contributed by atoms with Crippen LogP contribution in [0, 0.1) is 17.2 Å². The van der Waals surface area contributed by atoms with Crippen LogP contribution < -0.4 is 0 Å². The van der Waals surface area contributed by atoms with Crippen molar-refractivity contribution in [3.63, 3.8) is 0 Å². The Bertz CT molecular complexity index is 1330. The first-order valence-corrected chi connectivity index (χ1v) is 6.62. The highest BCUT2D eigenvalue weighted by Crippen LogP contribution is 2.36. The highest BCUT2D eigenvalue weighted by molar-refractivity contribution is 5.89. The molecule has 0 unspecified atom stereocenters. The molecule has 6 heteroatoms. The van der Waals surface area contributed by atoms with Crippen molar-refractivity contribution < 1.29 is 16.4 Å². The molecule has 116 valence electrons.